The van der Waals surface area contributed by atoms with Crippen molar-refractivity contribution in [3.8, 4) is 17.2 Å². The number of rotatable bonds is 2. The van der Waals surface area contributed by atoms with E-state index in [4.69, 9.17) is 15.2 Å². The van der Waals surface area contributed by atoms with Crippen LogP contribution in [0.1, 0.15) is 0 Å². The first-order valence-electron chi connectivity index (χ1n) is 2.99. The number of hydrogen-bond donors (Lipinski definition) is 3. The lowest BCUT2D eigenvalue weighted by Gasteiger charge is -2.02. The largest absolute Gasteiger partial charge is 0.539 e. The number of hydrogen-bond acceptors (Lipinski definition) is 4. The Morgan fingerprint density at radius 2 is 1.64 bits per heavy atom. The Morgan fingerprint density at radius 3 is 2.09 bits per heavy atom. The number of phenolic OH excluding ortho intramolecular Hbond substituents is 2. The van der Waals surface area contributed by atoms with E-state index in [-0.39, 0.29) is 17.2 Å². The van der Waals surface area contributed by atoms with Crippen LogP contribution in [0.3, 0.4) is 0 Å². The molecule has 0 aromatic heterocycles. The maximum atomic E-state index is 8.90. The van der Waals surface area contributed by atoms with Gasteiger partial charge in [0, 0.05) is 18.2 Å². The lowest BCUT2D eigenvalue weighted by molar-refractivity contribution is 0.429. The molecule has 58 valence electrons. The Kier molecular flexibility index (Phi) is 2.23. The van der Waals surface area contributed by atoms with Gasteiger partial charge in [0.15, 0.2) is 0 Å². The lowest BCUT2D eigenvalue weighted by atomic mass is 10.3. The Balaban J connectivity index is 2.89. The van der Waals surface area contributed by atoms with Gasteiger partial charge in [0.2, 0.25) is 0 Å². The predicted octanol–water partition coefficient (Wildman–Crippen LogP) is -0.265. The molecule has 0 atom stereocenters. The number of phenols is 2. The zero-order valence-corrected chi connectivity index (χ0v) is 5.69. The van der Waals surface area contributed by atoms with Crippen molar-refractivity contribution in [2.75, 3.05) is 0 Å². The van der Waals surface area contributed by atoms with Crippen molar-refractivity contribution in [2.45, 2.75) is 0 Å². The Hall–Kier alpha value is -1.36. The molecule has 0 saturated carbocycles. The molecule has 3 N–H and O–H groups in total. The molecule has 0 unspecified atom stereocenters. The van der Waals surface area contributed by atoms with Gasteiger partial charge >= 0.3 is 7.69 Å². The van der Waals surface area contributed by atoms with E-state index in [1.807, 2.05) is 0 Å². The molecular weight excluding hydrogens is 147 g/mol. The summed E-state index contributed by atoms with van der Waals surface area (Å²) in [4.78, 5) is 0. The van der Waals surface area contributed by atoms with Gasteiger partial charge in [0.25, 0.3) is 0 Å². The van der Waals surface area contributed by atoms with Crippen LogP contribution in [0, 0.1) is 0 Å². The van der Waals surface area contributed by atoms with Crippen LogP contribution in [0.5, 0.6) is 17.2 Å². The third-order valence-corrected chi connectivity index (χ3v) is 1.11. The molecule has 4 nitrogen and oxygen atoms in total. The van der Waals surface area contributed by atoms with Crippen molar-refractivity contribution in [2.24, 2.45) is 0 Å². The van der Waals surface area contributed by atoms with E-state index in [9.17, 15) is 0 Å². The van der Waals surface area contributed by atoms with Crippen molar-refractivity contribution in [1.82, 2.24) is 0 Å². The average Bonchev–Trinajstić information content (AvgIpc) is 1.85. The highest BCUT2D eigenvalue weighted by atomic mass is 16.5. The molecule has 5 heteroatoms. The molecule has 0 amide bonds. The number of benzene rings is 1. The fourth-order valence-corrected chi connectivity index (χ4v) is 0.726. The molecular formula is C6H7BO4. The van der Waals surface area contributed by atoms with Crippen LogP contribution in [-0.2, 0) is 0 Å². The van der Waals surface area contributed by atoms with Crippen molar-refractivity contribution in [3.05, 3.63) is 18.2 Å². The van der Waals surface area contributed by atoms with Crippen molar-refractivity contribution < 1.29 is 19.9 Å². The summed E-state index contributed by atoms with van der Waals surface area (Å²) in [6.45, 7) is 0. The second-order valence-corrected chi connectivity index (χ2v) is 1.96. The highest BCUT2D eigenvalue weighted by Crippen LogP contribution is 2.25. The van der Waals surface area contributed by atoms with Crippen molar-refractivity contribution >= 4 is 7.69 Å². The van der Waals surface area contributed by atoms with Crippen molar-refractivity contribution in [3.63, 3.8) is 0 Å². The highest BCUT2D eigenvalue weighted by Gasteiger charge is 1.98. The van der Waals surface area contributed by atoms with Gasteiger partial charge in [0.1, 0.15) is 17.2 Å². The van der Waals surface area contributed by atoms with Crippen LogP contribution >= 0.6 is 0 Å². The summed E-state index contributed by atoms with van der Waals surface area (Å²) in [5.41, 5.74) is 0. The van der Waals surface area contributed by atoms with Gasteiger partial charge in [-0.25, -0.2) is 0 Å². The molecule has 1 aromatic rings. The van der Waals surface area contributed by atoms with Gasteiger partial charge in [-0.15, -0.1) is 0 Å². The van der Waals surface area contributed by atoms with Gasteiger partial charge in [-0.1, -0.05) is 0 Å². The van der Waals surface area contributed by atoms with Gasteiger partial charge in [-0.3, -0.25) is 0 Å². The van der Waals surface area contributed by atoms with Gasteiger partial charge in [-0.2, -0.15) is 0 Å². The summed E-state index contributed by atoms with van der Waals surface area (Å²) >= 11 is 0. The molecule has 0 aliphatic heterocycles. The summed E-state index contributed by atoms with van der Waals surface area (Å²) in [5.74, 6) is 0.0203. The molecule has 0 spiro atoms. The van der Waals surface area contributed by atoms with Crippen LogP contribution < -0.4 is 4.65 Å². The maximum absolute atomic E-state index is 8.90. The van der Waals surface area contributed by atoms with Crippen LogP contribution in [0.4, 0.5) is 0 Å². The zero-order valence-electron chi connectivity index (χ0n) is 5.69. The standard InChI is InChI=1S/C6H7BO4/c8-4-1-5(9)3-6(2-4)11-7-10/h1-3,7-10H. The fraction of sp³-hybridized carbons (Fsp3) is 0. The topological polar surface area (TPSA) is 69.9 Å². The van der Waals surface area contributed by atoms with Crippen LogP contribution in [-0.4, -0.2) is 22.9 Å². The predicted molar refractivity (Wildman–Crippen MR) is 39.8 cm³/mol. The van der Waals surface area contributed by atoms with Crippen LogP contribution in [0.15, 0.2) is 18.2 Å². The van der Waals surface area contributed by atoms with Crippen LogP contribution in [0.2, 0.25) is 0 Å². The normalized spacial score (nSPS) is 9.18. The third kappa shape index (κ3) is 2.05. The lowest BCUT2D eigenvalue weighted by Crippen LogP contribution is -1.99. The molecule has 0 aliphatic carbocycles. The molecule has 0 radical (unpaired) electrons. The molecule has 0 heterocycles. The third-order valence-electron chi connectivity index (χ3n) is 1.11. The van der Waals surface area contributed by atoms with E-state index < -0.39 is 7.69 Å². The minimum Gasteiger partial charge on any atom is -0.539 e. The molecule has 0 saturated heterocycles. The summed E-state index contributed by atoms with van der Waals surface area (Å²) < 4.78 is 4.60. The van der Waals surface area contributed by atoms with E-state index in [1.54, 1.807) is 0 Å². The van der Waals surface area contributed by atoms with E-state index in [0.717, 1.165) is 0 Å². The van der Waals surface area contributed by atoms with E-state index in [2.05, 4.69) is 4.65 Å². The average molecular weight is 154 g/mol. The maximum Gasteiger partial charge on any atom is 0.504 e. The Morgan fingerprint density at radius 1 is 1.09 bits per heavy atom. The molecule has 1 rings (SSSR count). The first kappa shape index (κ1) is 7.75. The van der Waals surface area contributed by atoms with Crippen molar-refractivity contribution in [1.29, 1.82) is 0 Å². The molecule has 0 aliphatic rings. The van der Waals surface area contributed by atoms with E-state index in [1.165, 1.54) is 18.2 Å². The summed E-state index contributed by atoms with van der Waals surface area (Å²) in [6.07, 6.45) is 0. The first-order chi connectivity index (χ1) is 5.22. The fourth-order valence-electron chi connectivity index (χ4n) is 0.726. The number of aromatic hydroxyl groups is 2. The SMILES string of the molecule is OBOc1cc(O)cc(O)c1. The molecule has 11 heavy (non-hydrogen) atoms. The second kappa shape index (κ2) is 3.16. The first-order valence-corrected chi connectivity index (χ1v) is 2.99. The smallest absolute Gasteiger partial charge is 0.504 e. The monoisotopic (exact) mass is 154 g/mol. The summed E-state index contributed by atoms with van der Waals surface area (Å²) in [5, 5.41) is 26.1. The minimum atomic E-state index is -0.483. The van der Waals surface area contributed by atoms with Gasteiger partial charge in [0.05, 0.1) is 0 Å². The Bertz CT molecular complexity index is 230. The van der Waals surface area contributed by atoms with Gasteiger partial charge < -0.3 is 19.9 Å². The minimum absolute atomic E-state index is 0.103. The van der Waals surface area contributed by atoms with Crippen LogP contribution in [0.25, 0.3) is 0 Å². The summed E-state index contributed by atoms with van der Waals surface area (Å²) in [7, 11) is -0.483. The zero-order chi connectivity index (χ0) is 8.27. The molecule has 0 fully saturated rings. The Labute approximate surface area is 64.0 Å². The molecule has 0 bridgehead atoms. The quantitative estimate of drug-likeness (QED) is 0.513. The second-order valence-electron chi connectivity index (χ2n) is 1.96. The highest BCUT2D eigenvalue weighted by molar-refractivity contribution is 6.17. The van der Waals surface area contributed by atoms with Gasteiger partial charge in [-0.05, 0) is 0 Å². The van der Waals surface area contributed by atoms with E-state index in [0.29, 0.717) is 0 Å². The van der Waals surface area contributed by atoms with E-state index >= 15 is 0 Å². The summed E-state index contributed by atoms with van der Waals surface area (Å²) in [6, 6.07) is 3.75. The molecule has 1 aromatic carbocycles.